The van der Waals surface area contributed by atoms with Crippen LogP contribution in [-0.2, 0) is 11.3 Å². The maximum absolute atomic E-state index is 11.8. The van der Waals surface area contributed by atoms with Gasteiger partial charge in [-0.05, 0) is 29.8 Å². The highest BCUT2D eigenvalue weighted by molar-refractivity contribution is 7.18. The quantitative estimate of drug-likeness (QED) is 0.834. The van der Waals surface area contributed by atoms with Gasteiger partial charge in [0.25, 0.3) is 0 Å². The molecular formula is C14H13ClN2O2S. The second kappa shape index (κ2) is 7.17. The number of amides is 1. The second-order valence-electron chi connectivity index (χ2n) is 4.16. The zero-order valence-electron chi connectivity index (χ0n) is 10.6. The zero-order chi connectivity index (χ0) is 14.4. The summed E-state index contributed by atoms with van der Waals surface area (Å²) >= 11 is 7.00. The topological polar surface area (TPSA) is 59.1 Å². The predicted octanol–water partition coefficient (Wildman–Crippen LogP) is 3.08. The van der Waals surface area contributed by atoms with Gasteiger partial charge in [-0.2, -0.15) is 0 Å². The maximum Gasteiger partial charge on any atom is 0.220 e. The molecule has 1 N–H and O–H groups in total. The summed E-state index contributed by atoms with van der Waals surface area (Å²) in [7, 11) is 0. The molecule has 1 amide bonds. The standard InChI is InChI=1S/C14H13ClN2O2S/c15-13-3-2-12(20-13)11(18)1-4-14(19)17-9-10-5-7-16-8-6-10/h2-3,5-8H,1,4,9H2,(H,17,19). The normalized spacial score (nSPS) is 10.2. The summed E-state index contributed by atoms with van der Waals surface area (Å²) in [5.74, 6) is -0.196. The van der Waals surface area contributed by atoms with Gasteiger partial charge < -0.3 is 5.32 Å². The van der Waals surface area contributed by atoms with E-state index in [1.54, 1.807) is 24.5 Å². The number of thiophene rings is 1. The minimum absolute atomic E-state index is 0.0547. The van der Waals surface area contributed by atoms with Crippen LogP contribution in [0.15, 0.2) is 36.7 Å². The first kappa shape index (κ1) is 14.7. The van der Waals surface area contributed by atoms with Gasteiger partial charge in [0.1, 0.15) is 0 Å². The number of hydrogen-bond acceptors (Lipinski definition) is 4. The molecule has 0 aliphatic rings. The van der Waals surface area contributed by atoms with Crippen LogP contribution in [0.1, 0.15) is 28.1 Å². The molecule has 0 saturated carbocycles. The van der Waals surface area contributed by atoms with E-state index < -0.39 is 0 Å². The lowest BCUT2D eigenvalue weighted by Gasteiger charge is -2.04. The number of halogens is 1. The molecule has 2 rings (SSSR count). The third-order valence-electron chi connectivity index (χ3n) is 2.67. The lowest BCUT2D eigenvalue weighted by molar-refractivity contribution is -0.121. The van der Waals surface area contributed by atoms with Crippen LogP contribution in [0.25, 0.3) is 0 Å². The fourth-order valence-electron chi connectivity index (χ4n) is 1.60. The fourth-order valence-corrected chi connectivity index (χ4v) is 2.61. The number of carbonyl (C=O) groups excluding carboxylic acids is 2. The van der Waals surface area contributed by atoms with Crippen LogP contribution in [0, 0.1) is 0 Å². The van der Waals surface area contributed by atoms with Crippen molar-refractivity contribution in [3.05, 3.63) is 51.4 Å². The number of Topliss-reactive ketones (excluding diaryl/α,β-unsaturated/α-hetero) is 1. The predicted molar refractivity (Wildman–Crippen MR) is 79.0 cm³/mol. The smallest absolute Gasteiger partial charge is 0.220 e. The van der Waals surface area contributed by atoms with Gasteiger partial charge in [-0.3, -0.25) is 14.6 Å². The summed E-state index contributed by atoms with van der Waals surface area (Å²) in [6.07, 6.45) is 3.72. The molecule has 6 heteroatoms. The lowest BCUT2D eigenvalue weighted by Crippen LogP contribution is -2.23. The van der Waals surface area contributed by atoms with E-state index in [0.29, 0.717) is 15.8 Å². The van der Waals surface area contributed by atoms with Crippen LogP contribution in [0.3, 0.4) is 0 Å². The van der Waals surface area contributed by atoms with Gasteiger partial charge in [0.15, 0.2) is 5.78 Å². The van der Waals surface area contributed by atoms with E-state index in [1.807, 2.05) is 12.1 Å². The summed E-state index contributed by atoms with van der Waals surface area (Å²) in [5, 5.41) is 2.77. The molecule has 0 fully saturated rings. The molecule has 104 valence electrons. The first-order chi connectivity index (χ1) is 9.65. The van der Waals surface area contributed by atoms with Gasteiger partial charge in [-0.25, -0.2) is 0 Å². The fraction of sp³-hybridized carbons (Fsp3) is 0.214. The monoisotopic (exact) mass is 308 g/mol. The Kier molecular flexibility index (Phi) is 5.26. The third-order valence-corrected chi connectivity index (χ3v) is 3.94. The summed E-state index contributed by atoms with van der Waals surface area (Å²) in [6, 6.07) is 7.03. The molecule has 2 aromatic rings. The number of pyridine rings is 1. The van der Waals surface area contributed by atoms with E-state index in [2.05, 4.69) is 10.3 Å². The first-order valence-corrected chi connectivity index (χ1v) is 7.29. The molecule has 0 aromatic carbocycles. The van der Waals surface area contributed by atoms with Crippen LogP contribution in [-0.4, -0.2) is 16.7 Å². The Bertz CT molecular complexity index is 598. The van der Waals surface area contributed by atoms with Crippen molar-refractivity contribution in [1.82, 2.24) is 10.3 Å². The number of carbonyl (C=O) groups is 2. The van der Waals surface area contributed by atoms with E-state index in [9.17, 15) is 9.59 Å². The van der Waals surface area contributed by atoms with E-state index in [0.717, 1.165) is 5.56 Å². The summed E-state index contributed by atoms with van der Waals surface area (Å²) in [6.45, 7) is 0.445. The van der Waals surface area contributed by atoms with Crippen molar-refractivity contribution in [2.75, 3.05) is 0 Å². The van der Waals surface area contributed by atoms with Crippen LogP contribution < -0.4 is 5.32 Å². The van der Waals surface area contributed by atoms with Crippen LogP contribution in [0.4, 0.5) is 0 Å². The first-order valence-electron chi connectivity index (χ1n) is 6.09. The molecule has 2 aromatic heterocycles. The van der Waals surface area contributed by atoms with Gasteiger partial charge in [-0.1, -0.05) is 11.6 Å². The second-order valence-corrected chi connectivity index (χ2v) is 5.87. The van der Waals surface area contributed by atoms with Crippen molar-refractivity contribution in [1.29, 1.82) is 0 Å². The Morgan fingerprint density at radius 1 is 1.15 bits per heavy atom. The molecule has 0 aliphatic carbocycles. The highest BCUT2D eigenvalue weighted by atomic mass is 35.5. The Labute approximate surface area is 125 Å². The molecule has 0 saturated heterocycles. The minimum atomic E-state index is -0.141. The van der Waals surface area contributed by atoms with Gasteiger partial charge in [0.2, 0.25) is 5.91 Å². The number of hydrogen-bond donors (Lipinski definition) is 1. The molecule has 0 aliphatic heterocycles. The van der Waals surface area contributed by atoms with Gasteiger partial charge >= 0.3 is 0 Å². The van der Waals surface area contributed by atoms with Crippen LogP contribution >= 0.6 is 22.9 Å². The number of ketones is 1. The van der Waals surface area contributed by atoms with Crippen molar-refractivity contribution in [3.8, 4) is 0 Å². The molecule has 0 unspecified atom stereocenters. The van der Waals surface area contributed by atoms with E-state index in [-0.39, 0.29) is 24.5 Å². The van der Waals surface area contributed by atoms with Crippen molar-refractivity contribution in [3.63, 3.8) is 0 Å². The van der Waals surface area contributed by atoms with Crippen LogP contribution in [0.2, 0.25) is 4.34 Å². The van der Waals surface area contributed by atoms with Crippen molar-refractivity contribution >= 4 is 34.6 Å². The van der Waals surface area contributed by atoms with Gasteiger partial charge in [-0.15, -0.1) is 11.3 Å². The summed E-state index contributed by atoms with van der Waals surface area (Å²) in [5.41, 5.74) is 0.977. The molecule has 0 radical (unpaired) electrons. The van der Waals surface area contributed by atoms with Crippen molar-refractivity contribution in [2.24, 2.45) is 0 Å². The molecule has 4 nitrogen and oxygen atoms in total. The highest BCUT2D eigenvalue weighted by Gasteiger charge is 2.11. The van der Waals surface area contributed by atoms with E-state index >= 15 is 0 Å². The molecule has 0 spiro atoms. The van der Waals surface area contributed by atoms with E-state index in [1.165, 1.54) is 11.3 Å². The Hall–Kier alpha value is -1.72. The van der Waals surface area contributed by atoms with Crippen molar-refractivity contribution < 1.29 is 9.59 Å². The molecule has 20 heavy (non-hydrogen) atoms. The minimum Gasteiger partial charge on any atom is -0.352 e. The number of nitrogens with zero attached hydrogens (tertiary/aromatic N) is 1. The van der Waals surface area contributed by atoms with Crippen molar-refractivity contribution in [2.45, 2.75) is 19.4 Å². The molecule has 2 heterocycles. The Morgan fingerprint density at radius 2 is 1.90 bits per heavy atom. The number of nitrogens with one attached hydrogen (secondary N) is 1. The summed E-state index contributed by atoms with van der Waals surface area (Å²) < 4.78 is 0.579. The van der Waals surface area contributed by atoms with E-state index in [4.69, 9.17) is 11.6 Å². The number of rotatable bonds is 6. The third kappa shape index (κ3) is 4.43. The zero-order valence-corrected chi connectivity index (χ0v) is 12.2. The Morgan fingerprint density at radius 3 is 2.55 bits per heavy atom. The van der Waals surface area contributed by atoms with Crippen LogP contribution in [0.5, 0.6) is 0 Å². The average molecular weight is 309 g/mol. The van der Waals surface area contributed by atoms with Gasteiger partial charge in [0, 0.05) is 31.8 Å². The molecule has 0 atom stereocenters. The lowest BCUT2D eigenvalue weighted by atomic mass is 10.2. The molecular weight excluding hydrogens is 296 g/mol. The Balaban J connectivity index is 1.74. The summed E-state index contributed by atoms with van der Waals surface area (Å²) in [4.78, 5) is 28.0. The van der Waals surface area contributed by atoms with Gasteiger partial charge in [0.05, 0.1) is 9.21 Å². The highest BCUT2D eigenvalue weighted by Crippen LogP contribution is 2.22. The molecule has 0 bridgehead atoms. The largest absolute Gasteiger partial charge is 0.352 e. The number of aromatic nitrogens is 1. The maximum atomic E-state index is 11.8. The SMILES string of the molecule is O=C(CCC(=O)c1ccc(Cl)s1)NCc1ccncc1. The average Bonchev–Trinajstić information content (AvgIpc) is 2.90.